The summed E-state index contributed by atoms with van der Waals surface area (Å²) in [5.41, 5.74) is 1.79. The quantitative estimate of drug-likeness (QED) is 0.416. The van der Waals surface area contributed by atoms with E-state index in [9.17, 15) is 14.8 Å². The lowest BCUT2D eigenvalue weighted by molar-refractivity contribution is -0.605. The Morgan fingerprint density at radius 1 is 1.05 bits per heavy atom. The second-order valence-electron chi connectivity index (χ2n) is 10.9. The van der Waals surface area contributed by atoms with Crippen LogP contribution in [0, 0.1) is 16.5 Å². The van der Waals surface area contributed by atoms with Crippen LogP contribution in [-0.4, -0.2) is 47.8 Å². The number of rotatable bonds is 8. The smallest absolute Gasteiger partial charge is 0.229 e. The van der Waals surface area contributed by atoms with E-state index in [1.54, 1.807) is 12.3 Å². The second kappa shape index (κ2) is 12.3. The van der Waals surface area contributed by atoms with Crippen molar-refractivity contribution in [1.82, 2.24) is 15.1 Å². The van der Waals surface area contributed by atoms with E-state index in [2.05, 4.69) is 22.3 Å². The molecule has 1 aromatic heterocycles. The topological polar surface area (TPSA) is 79.6 Å². The molecule has 3 aliphatic rings. The SMILES string of the molecule is Cl.O=C(N[C@@H](CCN1CCC2(CC1)CCN(Cc1ccc[n+]([O-])c1)C2=O)c1ccccc1)C1CCCC1. The molecule has 200 valence electrons. The average molecular weight is 527 g/mol. The molecule has 1 N–H and O–H groups in total. The maximum atomic E-state index is 13.4. The minimum absolute atomic E-state index is 0. The number of benzene rings is 1. The van der Waals surface area contributed by atoms with Crippen LogP contribution in [0.15, 0.2) is 54.9 Å². The van der Waals surface area contributed by atoms with E-state index in [0.717, 1.165) is 87.8 Å². The molecular formula is C29H39ClN4O3. The Bertz CT molecular complexity index is 1050. The summed E-state index contributed by atoms with van der Waals surface area (Å²) in [6, 6.07) is 14.0. The molecule has 1 saturated carbocycles. The number of carbonyl (C=O) groups excluding carboxylic acids is 2. The van der Waals surface area contributed by atoms with Gasteiger partial charge < -0.3 is 20.3 Å². The lowest BCUT2D eigenvalue weighted by Crippen LogP contribution is -2.45. The first-order chi connectivity index (χ1) is 17.5. The maximum absolute atomic E-state index is 13.4. The van der Waals surface area contributed by atoms with Crippen molar-refractivity contribution in [1.29, 1.82) is 0 Å². The van der Waals surface area contributed by atoms with Crippen molar-refractivity contribution < 1.29 is 14.3 Å². The zero-order valence-electron chi connectivity index (χ0n) is 21.5. The molecule has 3 fully saturated rings. The highest BCUT2D eigenvalue weighted by molar-refractivity contribution is 5.85. The number of nitrogens with zero attached hydrogens (tertiary/aromatic N) is 3. The third-order valence-electron chi connectivity index (χ3n) is 8.60. The van der Waals surface area contributed by atoms with E-state index in [1.807, 2.05) is 29.2 Å². The van der Waals surface area contributed by atoms with E-state index in [0.29, 0.717) is 6.54 Å². The van der Waals surface area contributed by atoms with E-state index in [-0.39, 0.29) is 41.6 Å². The molecule has 1 atom stereocenters. The van der Waals surface area contributed by atoms with Crippen molar-refractivity contribution in [2.24, 2.45) is 11.3 Å². The van der Waals surface area contributed by atoms with Gasteiger partial charge in [0, 0.05) is 30.6 Å². The summed E-state index contributed by atoms with van der Waals surface area (Å²) in [4.78, 5) is 30.6. The largest absolute Gasteiger partial charge is 0.619 e. The Kier molecular flexibility index (Phi) is 9.08. The molecule has 2 saturated heterocycles. The first kappa shape index (κ1) is 27.4. The van der Waals surface area contributed by atoms with Gasteiger partial charge >= 0.3 is 0 Å². The Hall–Kier alpha value is -2.64. The highest BCUT2D eigenvalue weighted by atomic mass is 35.5. The Morgan fingerprint density at radius 2 is 1.76 bits per heavy atom. The van der Waals surface area contributed by atoms with E-state index in [1.165, 1.54) is 11.8 Å². The standard InChI is InChI=1S/C29H38N4O3.ClH/c34-27(25-10-4-5-11-25)30-26(24-8-2-1-3-9-24)12-17-31-18-13-29(14-19-31)15-20-32(28(29)35)21-23-7-6-16-33(36)22-23;/h1-3,6-9,16,22,25-26H,4-5,10-15,17-21H2,(H,30,34);1H/t26-;/m0./s1. The third kappa shape index (κ3) is 6.44. The number of carbonyl (C=O) groups is 2. The fraction of sp³-hybridized carbons (Fsp3) is 0.552. The fourth-order valence-electron chi connectivity index (χ4n) is 6.32. The van der Waals surface area contributed by atoms with Gasteiger partial charge in [-0.1, -0.05) is 43.2 Å². The van der Waals surface area contributed by atoms with Crippen LogP contribution in [0.25, 0.3) is 0 Å². The van der Waals surface area contributed by atoms with Crippen molar-refractivity contribution in [2.45, 2.75) is 64.0 Å². The average Bonchev–Trinajstić information content (AvgIpc) is 3.54. The number of amides is 2. The second-order valence-corrected chi connectivity index (χ2v) is 10.9. The molecule has 1 spiro atoms. The van der Waals surface area contributed by atoms with E-state index < -0.39 is 0 Å². The predicted molar refractivity (Wildman–Crippen MR) is 145 cm³/mol. The lowest BCUT2D eigenvalue weighted by Gasteiger charge is -2.38. The van der Waals surface area contributed by atoms with Crippen LogP contribution in [0.4, 0.5) is 0 Å². The molecule has 5 rings (SSSR count). The maximum Gasteiger partial charge on any atom is 0.229 e. The summed E-state index contributed by atoms with van der Waals surface area (Å²) in [5, 5.41) is 14.9. The van der Waals surface area contributed by atoms with Gasteiger partial charge in [-0.15, -0.1) is 12.4 Å². The minimum atomic E-state index is -0.256. The molecule has 37 heavy (non-hydrogen) atoms. The first-order valence-electron chi connectivity index (χ1n) is 13.6. The van der Waals surface area contributed by atoms with Crippen molar-refractivity contribution in [3.05, 3.63) is 71.2 Å². The van der Waals surface area contributed by atoms with Crippen LogP contribution in [0.5, 0.6) is 0 Å². The first-order valence-corrected chi connectivity index (χ1v) is 13.6. The van der Waals surface area contributed by atoms with Gasteiger partial charge in [-0.25, -0.2) is 0 Å². The zero-order valence-corrected chi connectivity index (χ0v) is 22.3. The van der Waals surface area contributed by atoms with Crippen LogP contribution < -0.4 is 10.0 Å². The Morgan fingerprint density at radius 3 is 2.46 bits per heavy atom. The third-order valence-corrected chi connectivity index (χ3v) is 8.60. The van der Waals surface area contributed by atoms with Crippen molar-refractivity contribution >= 4 is 24.2 Å². The number of likely N-dealkylation sites (tertiary alicyclic amines) is 2. The number of hydrogen-bond donors (Lipinski definition) is 1. The van der Waals surface area contributed by atoms with Gasteiger partial charge in [0.1, 0.15) is 0 Å². The summed E-state index contributed by atoms with van der Waals surface area (Å²) in [7, 11) is 0. The number of aromatic nitrogens is 1. The number of pyridine rings is 1. The Balaban J connectivity index is 0.00000320. The lowest BCUT2D eigenvalue weighted by atomic mass is 9.77. The number of nitrogens with one attached hydrogen (secondary N) is 1. The van der Waals surface area contributed by atoms with Crippen molar-refractivity contribution in [3.63, 3.8) is 0 Å². The molecule has 8 heteroatoms. The van der Waals surface area contributed by atoms with Gasteiger partial charge in [0.25, 0.3) is 0 Å². The van der Waals surface area contributed by atoms with Gasteiger partial charge in [-0.05, 0) is 63.2 Å². The number of hydrogen-bond acceptors (Lipinski definition) is 4. The summed E-state index contributed by atoms with van der Waals surface area (Å²) in [6.45, 7) is 3.99. The predicted octanol–water partition coefficient (Wildman–Crippen LogP) is 3.99. The minimum Gasteiger partial charge on any atom is -0.619 e. The van der Waals surface area contributed by atoms with Gasteiger partial charge in [-0.2, -0.15) is 4.73 Å². The molecule has 0 unspecified atom stereocenters. The molecule has 1 aliphatic carbocycles. The molecule has 2 amide bonds. The summed E-state index contributed by atoms with van der Waals surface area (Å²) < 4.78 is 0.795. The summed E-state index contributed by atoms with van der Waals surface area (Å²) in [5.74, 6) is 0.614. The van der Waals surface area contributed by atoms with Crippen molar-refractivity contribution in [2.75, 3.05) is 26.2 Å². The normalized spacial score (nSPS) is 20.6. The van der Waals surface area contributed by atoms with E-state index in [4.69, 9.17) is 0 Å². The van der Waals surface area contributed by atoms with Crippen molar-refractivity contribution in [3.8, 4) is 0 Å². The summed E-state index contributed by atoms with van der Waals surface area (Å²) in [6.07, 6.45) is 10.9. The van der Waals surface area contributed by atoms with Gasteiger partial charge in [0.2, 0.25) is 11.8 Å². The van der Waals surface area contributed by atoms with E-state index >= 15 is 0 Å². The van der Waals surface area contributed by atoms with Gasteiger partial charge in [0.15, 0.2) is 12.4 Å². The van der Waals surface area contributed by atoms with Crippen LogP contribution in [0.2, 0.25) is 0 Å². The number of halogens is 1. The Labute approximate surface area is 226 Å². The molecule has 2 aliphatic heterocycles. The van der Waals surface area contributed by atoms with Gasteiger partial charge in [-0.3, -0.25) is 9.59 Å². The van der Waals surface area contributed by atoms with Crippen LogP contribution in [0.1, 0.15) is 68.5 Å². The highest BCUT2D eigenvalue weighted by Gasteiger charge is 2.48. The molecular weight excluding hydrogens is 488 g/mol. The fourth-order valence-corrected chi connectivity index (χ4v) is 6.32. The van der Waals surface area contributed by atoms with Gasteiger partial charge in [0.05, 0.1) is 18.0 Å². The monoisotopic (exact) mass is 526 g/mol. The molecule has 1 aromatic carbocycles. The molecule has 3 heterocycles. The molecule has 0 bridgehead atoms. The molecule has 7 nitrogen and oxygen atoms in total. The van der Waals surface area contributed by atoms with Crippen LogP contribution >= 0.6 is 12.4 Å². The molecule has 2 aromatic rings. The van der Waals surface area contributed by atoms with Crippen LogP contribution in [0.3, 0.4) is 0 Å². The number of piperidine rings is 1. The highest BCUT2D eigenvalue weighted by Crippen LogP contribution is 2.42. The summed E-state index contributed by atoms with van der Waals surface area (Å²) >= 11 is 0. The van der Waals surface area contributed by atoms with Crippen LogP contribution in [-0.2, 0) is 16.1 Å². The molecule has 0 radical (unpaired) electrons. The zero-order chi connectivity index (χ0) is 25.0.